The smallest absolute Gasteiger partial charge is 0.224 e. The van der Waals surface area contributed by atoms with Crippen molar-refractivity contribution in [3.8, 4) is 0 Å². The highest BCUT2D eigenvalue weighted by molar-refractivity contribution is 5.78. The molecule has 0 fully saturated rings. The highest BCUT2D eigenvalue weighted by Crippen LogP contribution is 2.27. The molecule has 1 unspecified atom stereocenters. The van der Waals surface area contributed by atoms with Crippen LogP contribution in [0.25, 0.3) is 0 Å². The molecule has 2 aromatic heterocycles. The topological polar surface area (TPSA) is 101 Å². The number of H-pyrrole nitrogens is 1. The number of fused-ring (bicyclic) bond motifs is 1. The van der Waals surface area contributed by atoms with Gasteiger partial charge in [-0.2, -0.15) is 0 Å². The van der Waals surface area contributed by atoms with Crippen molar-refractivity contribution in [3.05, 3.63) is 71.6 Å². The Labute approximate surface area is 151 Å². The number of anilines is 1. The lowest BCUT2D eigenvalue weighted by atomic mass is 9.94. The van der Waals surface area contributed by atoms with Crippen LogP contribution < -0.4 is 5.73 Å². The van der Waals surface area contributed by atoms with Crippen LogP contribution in [0, 0.1) is 0 Å². The van der Waals surface area contributed by atoms with Crippen molar-refractivity contribution in [2.45, 2.75) is 25.3 Å². The number of rotatable bonds is 4. The molecule has 7 heteroatoms. The van der Waals surface area contributed by atoms with Gasteiger partial charge in [0.05, 0.1) is 18.2 Å². The summed E-state index contributed by atoms with van der Waals surface area (Å²) in [4.78, 5) is 30.7. The highest BCUT2D eigenvalue weighted by atomic mass is 16.2. The molecule has 0 bridgehead atoms. The minimum Gasteiger partial charge on any atom is -0.368 e. The number of hydrogen-bond acceptors (Lipinski definition) is 5. The Kier molecular flexibility index (Phi) is 4.35. The zero-order valence-corrected chi connectivity index (χ0v) is 14.3. The number of amides is 1. The molecule has 26 heavy (non-hydrogen) atoms. The number of imidazole rings is 1. The van der Waals surface area contributed by atoms with E-state index in [0.29, 0.717) is 19.5 Å². The molecule has 4 rings (SSSR count). The van der Waals surface area contributed by atoms with Gasteiger partial charge in [0.15, 0.2) is 0 Å². The van der Waals surface area contributed by atoms with Crippen molar-refractivity contribution in [3.63, 3.8) is 0 Å². The number of aromatic amines is 1. The van der Waals surface area contributed by atoms with Gasteiger partial charge in [0.2, 0.25) is 11.9 Å². The maximum atomic E-state index is 13.0. The number of carbonyl (C=O) groups excluding carboxylic acids is 1. The Morgan fingerprint density at radius 2 is 2.12 bits per heavy atom. The molecule has 1 atom stereocenters. The summed E-state index contributed by atoms with van der Waals surface area (Å²) >= 11 is 0. The number of benzene rings is 1. The summed E-state index contributed by atoms with van der Waals surface area (Å²) in [6.45, 7) is 1.14. The number of nitrogens with two attached hydrogens (primary N) is 1. The summed E-state index contributed by atoms with van der Waals surface area (Å²) in [5.41, 5.74) is 8.66. The lowest BCUT2D eigenvalue weighted by molar-refractivity contribution is -0.132. The highest BCUT2D eigenvalue weighted by Gasteiger charge is 2.27. The molecule has 1 aromatic carbocycles. The predicted octanol–water partition coefficient (Wildman–Crippen LogP) is 1.89. The van der Waals surface area contributed by atoms with Gasteiger partial charge in [-0.3, -0.25) is 4.79 Å². The van der Waals surface area contributed by atoms with E-state index in [1.54, 1.807) is 18.6 Å². The maximum Gasteiger partial charge on any atom is 0.224 e. The zero-order chi connectivity index (χ0) is 17.9. The van der Waals surface area contributed by atoms with E-state index in [1.165, 1.54) is 0 Å². The molecule has 1 aliphatic heterocycles. The van der Waals surface area contributed by atoms with Crippen molar-refractivity contribution in [1.29, 1.82) is 0 Å². The molecule has 7 nitrogen and oxygen atoms in total. The van der Waals surface area contributed by atoms with E-state index in [0.717, 1.165) is 29.1 Å². The third-order valence-corrected chi connectivity index (χ3v) is 4.75. The standard InChI is InChI=1S/C19H20N6O/c20-19-23-11-14-6-9-25(12-16(14)24-19)17(26)10-15(18-21-7-8-22-18)13-4-2-1-3-5-13/h1-5,7-8,11,15H,6,9-10,12H2,(H,21,22)(H2,20,23,24). The van der Waals surface area contributed by atoms with Crippen molar-refractivity contribution in [2.24, 2.45) is 0 Å². The largest absolute Gasteiger partial charge is 0.368 e. The monoisotopic (exact) mass is 348 g/mol. The van der Waals surface area contributed by atoms with E-state index in [9.17, 15) is 4.79 Å². The molecule has 3 heterocycles. The van der Waals surface area contributed by atoms with Crippen molar-refractivity contribution < 1.29 is 4.79 Å². The van der Waals surface area contributed by atoms with E-state index < -0.39 is 0 Å². The minimum atomic E-state index is -0.101. The summed E-state index contributed by atoms with van der Waals surface area (Å²) < 4.78 is 0. The van der Waals surface area contributed by atoms with Gasteiger partial charge in [0.1, 0.15) is 5.82 Å². The Bertz CT molecular complexity index is 894. The van der Waals surface area contributed by atoms with Crippen LogP contribution in [0.5, 0.6) is 0 Å². The van der Waals surface area contributed by atoms with Crippen LogP contribution >= 0.6 is 0 Å². The van der Waals surface area contributed by atoms with Gasteiger partial charge in [-0.05, 0) is 17.5 Å². The number of nitrogen functional groups attached to an aromatic ring is 1. The summed E-state index contributed by atoms with van der Waals surface area (Å²) in [5, 5.41) is 0. The number of nitrogens with zero attached hydrogens (tertiary/aromatic N) is 4. The predicted molar refractivity (Wildman–Crippen MR) is 97.1 cm³/mol. The van der Waals surface area contributed by atoms with Crippen molar-refractivity contribution in [2.75, 3.05) is 12.3 Å². The first-order chi connectivity index (χ1) is 12.7. The molecule has 0 spiro atoms. The second-order valence-corrected chi connectivity index (χ2v) is 6.41. The second-order valence-electron chi connectivity index (χ2n) is 6.41. The maximum absolute atomic E-state index is 13.0. The summed E-state index contributed by atoms with van der Waals surface area (Å²) in [5.74, 6) is 1.03. The fourth-order valence-electron chi connectivity index (χ4n) is 3.36. The third kappa shape index (κ3) is 3.28. The fraction of sp³-hybridized carbons (Fsp3) is 0.263. The Morgan fingerprint density at radius 1 is 1.27 bits per heavy atom. The molecule has 0 saturated carbocycles. The van der Waals surface area contributed by atoms with E-state index in [1.807, 2.05) is 35.2 Å². The zero-order valence-electron chi connectivity index (χ0n) is 14.3. The van der Waals surface area contributed by atoms with E-state index in [4.69, 9.17) is 5.73 Å². The van der Waals surface area contributed by atoms with E-state index in [2.05, 4.69) is 19.9 Å². The van der Waals surface area contributed by atoms with Crippen LogP contribution in [-0.2, 0) is 17.8 Å². The molecule has 0 aliphatic carbocycles. The van der Waals surface area contributed by atoms with Crippen LogP contribution in [0.2, 0.25) is 0 Å². The van der Waals surface area contributed by atoms with Gasteiger partial charge in [0.25, 0.3) is 0 Å². The second kappa shape index (κ2) is 6.95. The minimum absolute atomic E-state index is 0.0816. The molecule has 1 aliphatic rings. The van der Waals surface area contributed by atoms with Gasteiger partial charge in [-0.15, -0.1) is 0 Å². The van der Waals surface area contributed by atoms with Crippen LogP contribution in [0.4, 0.5) is 5.95 Å². The number of carbonyl (C=O) groups is 1. The number of aromatic nitrogens is 4. The van der Waals surface area contributed by atoms with Crippen LogP contribution in [-0.4, -0.2) is 37.3 Å². The van der Waals surface area contributed by atoms with Crippen LogP contribution in [0.1, 0.15) is 35.0 Å². The summed E-state index contributed by atoms with van der Waals surface area (Å²) in [6, 6.07) is 9.98. The molecular formula is C19H20N6O. The Balaban J connectivity index is 1.54. The van der Waals surface area contributed by atoms with E-state index in [-0.39, 0.29) is 17.8 Å². The molecule has 0 saturated heterocycles. The van der Waals surface area contributed by atoms with Gasteiger partial charge in [-0.25, -0.2) is 15.0 Å². The first-order valence-electron chi connectivity index (χ1n) is 8.63. The van der Waals surface area contributed by atoms with Crippen molar-refractivity contribution >= 4 is 11.9 Å². The molecule has 3 N–H and O–H groups in total. The summed E-state index contributed by atoms with van der Waals surface area (Å²) in [7, 11) is 0. The van der Waals surface area contributed by atoms with Crippen LogP contribution in [0.15, 0.2) is 48.9 Å². The van der Waals surface area contributed by atoms with Gasteiger partial charge in [0, 0.05) is 31.6 Å². The summed E-state index contributed by atoms with van der Waals surface area (Å²) in [6.07, 6.45) is 6.36. The molecule has 1 amide bonds. The van der Waals surface area contributed by atoms with Gasteiger partial charge in [-0.1, -0.05) is 30.3 Å². The molecular weight excluding hydrogens is 328 g/mol. The Morgan fingerprint density at radius 3 is 2.88 bits per heavy atom. The normalized spacial score (nSPS) is 14.7. The lowest BCUT2D eigenvalue weighted by Gasteiger charge is -2.29. The molecule has 3 aromatic rings. The first-order valence-corrected chi connectivity index (χ1v) is 8.63. The average molecular weight is 348 g/mol. The average Bonchev–Trinajstić information content (AvgIpc) is 3.20. The van der Waals surface area contributed by atoms with Crippen molar-refractivity contribution in [1.82, 2.24) is 24.8 Å². The van der Waals surface area contributed by atoms with Gasteiger partial charge >= 0.3 is 0 Å². The number of nitrogens with one attached hydrogen (secondary N) is 1. The Hall–Kier alpha value is -3.22. The lowest BCUT2D eigenvalue weighted by Crippen LogP contribution is -2.37. The van der Waals surface area contributed by atoms with E-state index >= 15 is 0 Å². The van der Waals surface area contributed by atoms with Gasteiger partial charge < -0.3 is 15.6 Å². The molecule has 0 radical (unpaired) electrons. The first kappa shape index (κ1) is 16.3. The van der Waals surface area contributed by atoms with Crippen LogP contribution in [0.3, 0.4) is 0 Å². The quantitative estimate of drug-likeness (QED) is 0.750. The fourth-order valence-corrected chi connectivity index (χ4v) is 3.36. The third-order valence-electron chi connectivity index (χ3n) is 4.75. The molecule has 132 valence electrons. The SMILES string of the molecule is Nc1ncc2c(n1)CN(C(=O)CC(c1ccccc1)c1ncc[nH]1)CC2. The number of hydrogen-bond donors (Lipinski definition) is 2.